The van der Waals surface area contributed by atoms with Crippen LogP contribution in [-0.2, 0) is 62.0 Å². The third-order valence-electron chi connectivity index (χ3n) is 21.5. The molecule has 0 saturated heterocycles. The summed E-state index contributed by atoms with van der Waals surface area (Å²) in [5, 5.41) is 0. The van der Waals surface area contributed by atoms with Crippen LogP contribution in [0.5, 0.6) is 0 Å². The molecule has 0 heterocycles. The van der Waals surface area contributed by atoms with Crippen molar-refractivity contribution in [2.75, 3.05) is 39.6 Å². The van der Waals surface area contributed by atoms with E-state index in [0.29, 0.717) is 18.3 Å². The zero-order chi connectivity index (χ0) is 75.1. The fourth-order valence-electron chi connectivity index (χ4n) is 14.5. The van der Waals surface area contributed by atoms with E-state index in [1.807, 2.05) is 6.79 Å². The first kappa shape index (κ1) is 108. The quantitative estimate of drug-likeness (QED) is 0.0332. The van der Waals surface area contributed by atoms with Gasteiger partial charge in [0.2, 0.25) is 0 Å². The summed E-state index contributed by atoms with van der Waals surface area (Å²) in [7, 11) is -3.47. The fourth-order valence-corrected chi connectivity index (χ4v) is 18.2. The van der Waals surface area contributed by atoms with Crippen molar-refractivity contribution in [3.63, 3.8) is 0 Å². The second-order valence-electron chi connectivity index (χ2n) is 31.9. The first-order valence-electron chi connectivity index (χ1n) is 47.1. The molecule has 0 aromatic heterocycles. The zero-order valence-corrected chi connectivity index (χ0v) is 75.1. The molecule has 10 nitrogen and oxygen atoms in total. The Kier molecular flexibility index (Phi) is 98.5. The Hall–Kier alpha value is 1.09. The standard InChI is InChI=1S/3C30H61O3P.CH2O.Ni/c3*1-3-5-7-9-11-13-15-17-19-24-28-31-34(33-30-26-22-21-23-27-30)32-29-25-20-18-16-14-12-10-8-6-4-2;1-2;/h3*30H,3-29H2,1-2H3;1H2;. The molecule has 0 aromatic carbocycles. The molecule has 0 aliphatic heterocycles. The Labute approximate surface area is 671 Å². The molecule has 0 unspecified atom stereocenters. The minimum atomic E-state index is -1.16. The maximum atomic E-state index is 8.00. The van der Waals surface area contributed by atoms with E-state index in [0.717, 1.165) is 78.2 Å². The van der Waals surface area contributed by atoms with Gasteiger partial charge >= 0.3 is 25.8 Å². The number of carbonyl (C=O) groups is 1. The topological polar surface area (TPSA) is 100 Å². The second-order valence-corrected chi connectivity index (χ2v) is 35.4. The molecule has 0 amide bonds. The van der Waals surface area contributed by atoms with Crippen LogP contribution >= 0.6 is 25.8 Å². The van der Waals surface area contributed by atoms with Crippen LogP contribution in [0.1, 0.15) is 523 Å². The number of hydrogen-bond acceptors (Lipinski definition) is 10. The van der Waals surface area contributed by atoms with E-state index in [9.17, 15) is 0 Å². The summed E-state index contributed by atoms with van der Waals surface area (Å²) in [4.78, 5) is 8.00. The van der Waals surface area contributed by atoms with Crippen LogP contribution < -0.4 is 0 Å². The molecule has 3 rings (SSSR count). The van der Waals surface area contributed by atoms with Crippen molar-refractivity contribution in [2.45, 2.75) is 541 Å². The van der Waals surface area contributed by atoms with Crippen molar-refractivity contribution in [3.05, 3.63) is 0 Å². The average Bonchev–Trinajstić information content (AvgIpc) is 1.12. The first-order chi connectivity index (χ1) is 51.6. The van der Waals surface area contributed by atoms with Gasteiger partial charge in [0, 0.05) is 16.5 Å². The predicted molar refractivity (Wildman–Crippen MR) is 459 cm³/mol. The van der Waals surface area contributed by atoms with Crippen molar-refractivity contribution in [2.24, 2.45) is 0 Å². The summed E-state index contributed by atoms with van der Waals surface area (Å²) in [6.45, 7) is 20.5. The van der Waals surface area contributed by atoms with Crippen LogP contribution in [0.15, 0.2) is 0 Å². The molecule has 0 radical (unpaired) electrons. The maximum Gasteiger partial charge on any atom is 0.332 e. The molecule has 3 aliphatic carbocycles. The molecule has 634 valence electrons. The van der Waals surface area contributed by atoms with Crippen LogP contribution in [0.2, 0.25) is 0 Å². The number of unbranched alkanes of at least 4 members (excludes halogenated alkanes) is 54. The van der Waals surface area contributed by atoms with Crippen molar-refractivity contribution in [3.8, 4) is 0 Å². The molecule has 105 heavy (non-hydrogen) atoms. The van der Waals surface area contributed by atoms with Gasteiger partial charge in [-0.15, -0.1) is 0 Å². The Morgan fingerprint density at radius 3 is 0.429 bits per heavy atom. The van der Waals surface area contributed by atoms with Gasteiger partial charge in [-0.1, -0.05) is 446 Å². The predicted octanol–water partition coefficient (Wildman–Crippen LogP) is 34.1. The van der Waals surface area contributed by atoms with Crippen molar-refractivity contribution in [1.82, 2.24) is 0 Å². The molecular formula is C91H185NiO10P3. The average molecular weight is 1590 g/mol. The summed E-state index contributed by atoms with van der Waals surface area (Å²) in [6.07, 6.45) is 102. The van der Waals surface area contributed by atoms with E-state index in [2.05, 4.69) is 41.5 Å². The molecule has 14 heteroatoms. The monoisotopic (exact) mass is 1590 g/mol. The summed E-state index contributed by atoms with van der Waals surface area (Å²) in [6, 6.07) is 0. The van der Waals surface area contributed by atoms with Crippen molar-refractivity contribution >= 4 is 32.6 Å². The van der Waals surface area contributed by atoms with Gasteiger partial charge in [0.25, 0.3) is 0 Å². The van der Waals surface area contributed by atoms with E-state index >= 15 is 0 Å². The van der Waals surface area contributed by atoms with Crippen LogP contribution in [-0.4, -0.2) is 64.7 Å². The van der Waals surface area contributed by atoms with Gasteiger partial charge in [0.15, 0.2) is 0 Å². The summed E-state index contributed by atoms with van der Waals surface area (Å²) < 4.78 is 55.7. The van der Waals surface area contributed by atoms with Crippen LogP contribution in [0.25, 0.3) is 0 Å². The van der Waals surface area contributed by atoms with Gasteiger partial charge in [-0.3, -0.25) is 0 Å². The van der Waals surface area contributed by atoms with Crippen LogP contribution in [0.4, 0.5) is 0 Å². The Bertz CT molecular complexity index is 1280. The third kappa shape index (κ3) is 84.3. The molecule has 0 N–H and O–H groups in total. The SMILES string of the molecule is C=O.CCCCCCCCCCCCOP(OCCCCCCCCCCCC)OC1CCCCC1.CCCCCCCCCCCCOP(OCCCCCCCCCCCC)OC1CCCCC1.CCCCCCCCCCCCOP(OCCCCCCCCCCCC)OC1CCCCC1.[Ni]. The second kappa shape index (κ2) is 95.7. The number of carbonyl (C=O) groups excluding carboxylic acids is 1. The largest absolute Gasteiger partial charge is 0.332 e. The van der Waals surface area contributed by atoms with E-state index in [1.54, 1.807) is 0 Å². The minimum Gasteiger partial charge on any atom is -0.312 e. The first-order valence-corrected chi connectivity index (χ1v) is 50.3. The molecule has 3 fully saturated rings. The Balaban J connectivity index is 0. The van der Waals surface area contributed by atoms with Gasteiger partial charge in [-0.25, -0.2) is 0 Å². The molecule has 3 aliphatic rings. The van der Waals surface area contributed by atoms with Crippen LogP contribution in [0.3, 0.4) is 0 Å². The van der Waals surface area contributed by atoms with E-state index < -0.39 is 25.8 Å². The summed E-state index contributed by atoms with van der Waals surface area (Å²) >= 11 is 0. The molecule has 0 bridgehead atoms. The van der Waals surface area contributed by atoms with Gasteiger partial charge in [-0.05, 0) is 77.0 Å². The van der Waals surface area contributed by atoms with Crippen molar-refractivity contribution < 1.29 is 62.0 Å². The zero-order valence-electron chi connectivity index (χ0n) is 71.5. The smallest absolute Gasteiger partial charge is 0.312 e. The molecule has 0 aromatic rings. The number of rotatable bonds is 78. The summed E-state index contributed by atoms with van der Waals surface area (Å²) in [5.74, 6) is 0. The van der Waals surface area contributed by atoms with E-state index in [1.165, 1.54) is 443 Å². The Morgan fingerprint density at radius 2 is 0.305 bits per heavy atom. The maximum absolute atomic E-state index is 8.00. The number of hydrogen-bond donors (Lipinski definition) is 0. The van der Waals surface area contributed by atoms with Crippen LogP contribution in [0, 0.1) is 0 Å². The van der Waals surface area contributed by atoms with Gasteiger partial charge in [0.05, 0.1) is 58.0 Å². The normalized spacial score (nSPS) is 14.5. The summed E-state index contributed by atoms with van der Waals surface area (Å²) in [5.41, 5.74) is 0. The van der Waals surface area contributed by atoms with Gasteiger partial charge in [-0.2, -0.15) is 0 Å². The van der Waals surface area contributed by atoms with Gasteiger partial charge < -0.3 is 45.5 Å². The van der Waals surface area contributed by atoms with E-state index in [-0.39, 0.29) is 16.5 Å². The fraction of sp³-hybridized carbons (Fsp3) is 0.989. The molecule has 0 atom stereocenters. The molecule has 3 saturated carbocycles. The van der Waals surface area contributed by atoms with Gasteiger partial charge in [0.1, 0.15) is 6.79 Å². The minimum absolute atomic E-state index is 0. The Morgan fingerprint density at radius 1 is 0.190 bits per heavy atom. The molecular weight excluding hydrogens is 1400 g/mol. The van der Waals surface area contributed by atoms with E-state index in [4.69, 9.17) is 45.5 Å². The van der Waals surface area contributed by atoms with Crippen molar-refractivity contribution in [1.29, 1.82) is 0 Å². The molecule has 0 spiro atoms. The third-order valence-corrected chi connectivity index (χ3v) is 25.3.